The summed E-state index contributed by atoms with van der Waals surface area (Å²) < 4.78 is 0. The summed E-state index contributed by atoms with van der Waals surface area (Å²) in [5, 5.41) is 10.9. The van der Waals surface area contributed by atoms with Crippen LogP contribution in [0.5, 0.6) is 0 Å². The highest BCUT2D eigenvalue weighted by Gasteiger charge is 2.15. The number of unbranched alkanes of at least 4 members (excludes halogenated alkanes) is 2. The second-order valence-electron chi connectivity index (χ2n) is 4.53. The number of carbonyl (C=O) groups excluding carboxylic acids is 2. The van der Waals surface area contributed by atoms with E-state index < -0.39 is 12.0 Å². The van der Waals surface area contributed by atoms with Crippen LogP contribution in [0.15, 0.2) is 30.3 Å². The van der Waals surface area contributed by atoms with Crippen molar-refractivity contribution in [1.29, 1.82) is 0 Å². The summed E-state index contributed by atoms with van der Waals surface area (Å²) in [4.78, 5) is 32.7. The average molecular weight is 276 g/mol. The quantitative estimate of drug-likeness (QED) is 0.388. The SMILES string of the molecule is O=[C]NC(CCCCCC(=O)c1ccccc1)C(=O)O. The molecule has 0 heterocycles. The molecule has 0 fully saturated rings. The van der Waals surface area contributed by atoms with Gasteiger partial charge in [-0.3, -0.25) is 9.59 Å². The smallest absolute Gasteiger partial charge is 0.326 e. The first-order valence-corrected chi connectivity index (χ1v) is 6.59. The lowest BCUT2D eigenvalue weighted by atomic mass is 10.0. The Morgan fingerprint density at radius 1 is 1.15 bits per heavy atom. The van der Waals surface area contributed by atoms with Crippen LogP contribution in [0.25, 0.3) is 0 Å². The van der Waals surface area contributed by atoms with Crippen molar-refractivity contribution in [2.45, 2.75) is 38.1 Å². The van der Waals surface area contributed by atoms with Gasteiger partial charge in [0.2, 0.25) is 0 Å². The topological polar surface area (TPSA) is 83.5 Å². The molecule has 107 valence electrons. The summed E-state index contributed by atoms with van der Waals surface area (Å²) in [5.74, 6) is -0.964. The molecule has 20 heavy (non-hydrogen) atoms. The van der Waals surface area contributed by atoms with E-state index in [1.165, 1.54) is 6.41 Å². The van der Waals surface area contributed by atoms with E-state index >= 15 is 0 Å². The van der Waals surface area contributed by atoms with Gasteiger partial charge in [-0.15, -0.1) is 0 Å². The van der Waals surface area contributed by atoms with E-state index in [2.05, 4.69) is 5.32 Å². The standard InChI is InChI=1S/C15H18NO4/c17-11-16-13(15(19)20)9-5-2-6-10-14(18)12-7-3-1-4-8-12/h1,3-4,7-8,13H,2,5-6,9-10H2,(H,16,17)(H,19,20). The number of carbonyl (C=O) groups is 2. The molecule has 0 saturated heterocycles. The normalized spacial score (nSPS) is 11.6. The minimum Gasteiger partial charge on any atom is -0.480 e. The summed E-state index contributed by atoms with van der Waals surface area (Å²) in [6.07, 6.45) is 4.31. The van der Waals surface area contributed by atoms with Gasteiger partial charge in [-0.25, -0.2) is 4.79 Å². The molecule has 0 aromatic heterocycles. The molecule has 1 aromatic carbocycles. The number of rotatable bonds is 10. The molecule has 0 bridgehead atoms. The summed E-state index contributed by atoms with van der Waals surface area (Å²) in [6, 6.07) is 8.19. The predicted octanol–water partition coefficient (Wildman–Crippen LogP) is 1.93. The first kappa shape index (κ1) is 15.9. The van der Waals surface area contributed by atoms with Gasteiger partial charge in [0.05, 0.1) is 0 Å². The molecule has 1 unspecified atom stereocenters. The van der Waals surface area contributed by atoms with Gasteiger partial charge < -0.3 is 10.4 Å². The Labute approximate surface area is 118 Å². The second kappa shape index (κ2) is 8.85. The minimum atomic E-state index is -1.06. The molecular weight excluding hydrogens is 258 g/mol. The monoisotopic (exact) mass is 276 g/mol. The number of hydrogen-bond donors (Lipinski definition) is 2. The molecule has 5 heteroatoms. The maximum atomic E-state index is 11.8. The minimum absolute atomic E-state index is 0.0970. The Kier molecular flexibility index (Phi) is 7.03. The van der Waals surface area contributed by atoms with Gasteiger partial charge in [0, 0.05) is 12.0 Å². The van der Waals surface area contributed by atoms with Gasteiger partial charge in [-0.1, -0.05) is 43.2 Å². The van der Waals surface area contributed by atoms with Crippen molar-refractivity contribution < 1.29 is 19.5 Å². The third-order valence-electron chi connectivity index (χ3n) is 3.02. The van der Waals surface area contributed by atoms with Gasteiger partial charge in [0.1, 0.15) is 6.04 Å². The number of nitrogens with one attached hydrogen (secondary N) is 1. The van der Waals surface area contributed by atoms with Gasteiger partial charge >= 0.3 is 12.4 Å². The van der Waals surface area contributed by atoms with Crippen LogP contribution in [-0.2, 0) is 9.59 Å². The molecule has 1 rings (SSSR count). The van der Waals surface area contributed by atoms with E-state index in [-0.39, 0.29) is 5.78 Å². The van der Waals surface area contributed by atoms with Crippen LogP contribution < -0.4 is 5.32 Å². The van der Waals surface area contributed by atoms with Crippen LogP contribution in [0.2, 0.25) is 0 Å². The Balaban J connectivity index is 2.20. The van der Waals surface area contributed by atoms with E-state index in [1.54, 1.807) is 12.1 Å². The molecule has 1 radical (unpaired) electrons. The fraction of sp³-hybridized carbons (Fsp3) is 0.400. The lowest BCUT2D eigenvalue weighted by Crippen LogP contribution is -2.35. The molecular formula is C15H18NO4. The molecule has 1 amide bonds. The van der Waals surface area contributed by atoms with E-state index in [1.807, 2.05) is 18.2 Å². The fourth-order valence-electron chi connectivity index (χ4n) is 1.91. The zero-order valence-electron chi connectivity index (χ0n) is 11.2. The molecule has 1 atom stereocenters. The summed E-state index contributed by atoms with van der Waals surface area (Å²) in [7, 11) is 0. The summed E-state index contributed by atoms with van der Waals surface area (Å²) in [5.41, 5.74) is 0.702. The predicted molar refractivity (Wildman–Crippen MR) is 74.1 cm³/mol. The first-order chi connectivity index (χ1) is 9.65. The number of carboxylic acid groups (broad SMARTS) is 1. The Hall–Kier alpha value is -2.17. The number of hydrogen-bond acceptors (Lipinski definition) is 3. The second-order valence-corrected chi connectivity index (χ2v) is 4.53. The summed E-state index contributed by atoms with van der Waals surface area (Å²) in [6.45, 7) is 0. The van der Waals surface area contributed by atoms with E-state index in [4.69, 9.17) is 5.11 Å². The summed E-state index contributed by atoms with van der Waals surface area (Å²) >= 11 is 0. The van der Waals surface area contributed by atoms with Crippen molar-refractivity contribution in [3.05, 3.63) is 35.9 Å². The third kappa shape index (κ3) is 5.65. The van der Waals surface area contributed by atoms with E-state index in [9.17, 15) is 14.4 Å². The van der Waals surface area contributed by atoms with Crippen LogP contribution in [0.1, 0.15) is 42.5 Å². The molecule has 0 aliphatic rings. The van der Waals surface area contributed by atoms with Crippen molar-refractivity contribution in [1.82, 2.24) is 5.32 Å². The van der Waals surface area contributed by atoms with Gasteiger partial charge in [0.25, 0.3) is 0 Å². The number of ketones is 1. The Bertz CT molecular complexity index is 444. The van der Waals surface area contributed by atoms with Crippen molar-refractivity contribution in [2.75, 3.05) is 0 Å². The highest BCUT2D eigenvalue weighted by atomic mass is 16.4. The molecule has 5 nitrogen and oxygen atoms in total. The van der Waals surface area contributed by atoms with Gasteiger partial charge in [0.15, 0.2) is 5.78 Å². The first-order valence-electron chi connectivity index (χ1n) is 6.59. The van der Waals surface area contributed by atoms with Crippen molar-refractivity contribution >= 4 is 18.2 Å². The Morgan fingerprint density at radius 2 is 1.85 bits per heavy atom. The molecule has 0 aliphatic heterocycles. The number of benzene rings is 1. The Morgan fingerprint density at radius 3 is 2.45 bits per heavy atom. The zero-order chi connectivity index (χ0) is 14.8. The highest BCUT2D eigenvalue weighted by molar-refractivity contribution is 5.95. The van der Waals surface area contributed by atoms with Gasteiger partial charge in [-0.05, 0) is 12.8 Å². The lowest BCUT2D eigenvalue weighted by molar-refractivity contribution is -0.139. The molecule has 2 N–H and O–H groups in total. The lowest BCUT2D eigenvalue weighted by Gasteiger charge is -2.09. The van der Waals surface area contributed by atoms with Crippen LogP contribution in [0.4, 0.5) is 0 Å². The molecule has 0 saturated carbocycles. The number of amides is 1. The van der Waals surface area contributed by atoms with Crippen LogP contribution in [0, 0.1) is 0 Å². The molecule has 0 aliphatic carbocycles. The van der Waals surface area contributed by atoms with Crippen LogP contribution >= 0.6 is 0 Å². The van der Waals surface area contributed by atoms with E-state index in [0.29, 0.717) is 31.2 Å². The van der Waals surface area contributed by atoms with E-state index in [0.717, 1.165) is 6.42 Å². The van der Waals surface area contributed by atoms with Crippen molar-refractivity contribution in [3.63, 3.8) is 0 Å². The third-order valence-corrected chi connectivity index (χ3v) is 3.02. The molecule has 1 aromatic rings. The van der Waals surface area contributed by atoms with Crippen molar-refractivity contribution in [2.24, 2.45) is 0 Å². The number of Topliss-reactive ketones (excluding diaryl/α,β-unsaturated/α-hetero) is 1. The number of carboxylic acids is 1. The number of aliphatic carboxylic acids is 1. The maximum Gasteiger partial charge on any atom is 0.326 e. The van der Waals surface area contributed by atoms with Gasteiger partial charge in [-0.2, -0.15) is 0 Å². The average Bonchev–Trinajstić information content (AvgIpc) is 2.46. The maximum absolute atomic E-state index is 11.8. The van der Waals surface area contributed by atoms with Crippen molar-refractivity contribution in [3.8, 4) is 0 Å². The van der Waals surface area contributed by atoms with Crippen LogP contribution in [0.3, 0.4) is 0 Å². The molecule has 0 spiro atoms. The zero-order valence-corrected chi connectivity index (χ0v) is 11.2. The highest BCUT2D eigenvalue weighted by Crippen LogP contribution is 2.10. The fourth-order valence-corrected chi connectivity index (χ4v) is 1.91. The largest absolute Gasteiger partial charge is 0.480 e. The van der Waals surface area contributed by atoms with Crippen LogP contribution in [-0.4, -0.2) is 29.3 Å².